The van der Waals surface area contributed by atoms with Gasteiger partial charge >= 0.3 is 6.03 Å². The molecule has 6 nitrogen and oxygen atoms in total. The molecule has 0 bridgehead atoms. The molecule has 0 saturated heterocycles. The molecule has 2 aromatic rings. The van der Waals surface area contributed by atoms with Crippen LogP contribution in [0.5, 0.6) is 17.2 Å². The van der Waals surface area contributed by atoms with Crippen molar-refractivity contribution in [3.05, 3.63) is 47.5 Å². The predicted molar refractivity (Wildman–Crippen MR) is 101 cm³/mol. The summed E-state index contributed by atoms with van der Waals surface area (Å²) in [5.41, 5.74) is 1.90. The molecule has 3 rings (SSSR count). The van der Waals surface area contributed by atoms with E-state index in [1.165, 1.54) is 0 Å². The Hall–Kier alpha value is -2.54. The van der Waals surface area contributed by atoms with Crippen LogP contribution in [-0.2, 0) is 13.1 Å². The fourth-order valence-electron chi connectivity index (χ4n) is 2.76. The summed E-state index contributed by atoms with van der Waals surface area (Å²) in [6.07, 6.45) is 2.01. The average molecular weight is 374 g/mol. The maximum Gasteiger partial charge on any atom is 0.317 e. The van der Waals surface area contributed by atoms with Crippen LogP contribution in [0.25, 0.3) is 0 Å². The number of carbonyl (C=O) groups excluding carboxylic acids is 1. The zero-order valence-electron chi connectivity index (χ0n) is 15.1. The predicted octanol–water partition coefficient (Wildman–Crippen LogP) is 3.49. The summed E-state index contributed by atoms with van der Waals surface area (Å²) in [5, 5.41) is 2.92. The first kappa shape index (κ1) is 18.3. The van der Waals surface area contributed by atoms with Gasteiger partial charge in [-0.25, -0.2) is 4.79 Å². The molecule has 2 amide bonds. The molecular weight excluding hydrogens is 352 g/mol. The molecule has 0 aliphatic carbocycles. The van der Waals surface area contributed by atoms with Gasteiger partial charge in [0.2, 0.25) is 6.79 Å². The monoisotopic (exact) mass is 374 g/mol. The lowest BCUT2D eigenvalue weighted by Gasteiger charge is -2.19. The summed E-state index contributed by atoms with van der Waals surface area (Å²) in [7, 11) is 3.42. The summed E-state index contributed by atoms with van der Waals surface area (Å²) in [4.78, 5) is 15.1. The molecular formula is C19H22N2O4S. The number of nitrogens with one attached hydrogen (secondary N) is 1. The lowest BCUT2D eigenvalue weighted by Crippen LogP contribution is -2.36. The average Bonchev–Trinajstić information content (AvgIpc) is 3.15. The van der Waals surface area contributed by atoms with Gasteiger partial charge in [0.15, 0.2) is 11.5 Å². The van der Waals surface area contributed by atoms with Crippen molar-refractivity contribution in [2.75, 3.05) is 27.2 Å². The van der Waals surface area contributed by atoms with E-state index in [-0.39, 0.29) is 12.8 Å². The van der Waals surface area contributed by atoms with Gasteiger partial charge in [-0.1, -0.05) is 18.2 Å². The molecule has 0 saturated carbocycles. The number of benzene rings is 2. The topological polar surface area (TPSA) is 60.0 Å². The number of amides is 2. The highest BCUT2D eigenvalue weighted by Crippen LogP contribution is 2.35. The molecule has 0 aromatic heterocycles. The third kappa shape index (κ3) is 3.99. The van der Waals surface area contributed by atoms with E-state index in [9.17, 15) is 4.79 Å². The van der Waals surface area contributed by atoms with Gasteiger partial charge in [0.1, 0.15) is 5.75 Å². The molecule has 26 heavy (non-hydrogen) atoms. The molecule has 0 atom stereocenters. The molecule has 138 valence electrons. The third-order valence-corrected chi connectivity index (χ3v) is 4.90. The van der Waals surface area contributed by atoms with Gasteiger partial charge in [-0.3, -0.25) is 0 Å². The molecule has 1 aliphatic rings. The normalized spacial score (nSPS) is 12.0. The van der Waals surface area contributed by atoms with Crippen LogP contribution >= 0.6 is 11.8 Å². The van der Waals surface area contributed by atoms with Crippen LogP contribution in [0.15, 0.2) is 41.3 Å². The maximum absolute atomic E-state index is 12.4. The summed E-state index contributed by atoms with van der Waals surface area (Å²) in [5.74, 6) is 2.24. The maximum atomic E-state index is 12.4. The fourth-order valence-corrected chi connectivity index (χ4v) is 3.31. The first-order chi connectivity index (χ1) is 12.6. The van der Waals surface area contributed by atoms with Crippen LogP contribution in [0.3, 0.4) is 0 Å². The highest BCUT2D eigenvalue weighted by Gasteiger charge is 2.18. The first-order valence-electron chi connectivity index (χ1n) is 8.19. The number of fused-ring (bicyclic) bond motifs is 1. The summed E-state index contributed by atoms with van der Waals surface area (Å²) < 4.78 is 16.2. The van der Waals surface area contributed by atoms with Crippen LogP contribution < -0.4 is 19.5 Å². The standard InChI is InChI=1S/C19H22N2O4S/c1-21(11-13-7-8-17(26-3)16(9-13)23-2)19(22)20-10-14-5-4-6-15-18(14)25-12-24-15/h4-9H,10-12H2,1-3H3,(H,20,22). The molecule has 0 unspecified atom stereocenters. The third-order valence-electron chi connectivity index (χ3n) is 4.12. The number of methoxy groups -OCH3 is 1. The van der Waals surface area contributed by atoms with Gasteiger partial charge in [0, 0.05) is 30.6 Å². The summed E-state index contributed by atoms with van der Waals surface area (Å²) >= 11 is 1.63. The van der Waals surface area contributed by atoms with E-state index in [0.29, 0.717) is 24.6 Å². The van der Waals surface area contributed by atoms with E-state index in [4.69, 9.17) is 14.2 Å². The van der Waals surface area contributed by atoms with Crippen molar-refractivity contribution in [1.82, 2.24) is 10.2 Å². The minimum Gasteiger partial charge on any atom is -0.496 e. The quantitative estimate of drug-likeness (QED) is 0.785. The van der Waals surface area contributed by atoms with Crippen LogP contribution in [0.2, 0.25) is 0 Å². The number of para-hydroxylation sites is 1. The van der Waals surface area contributed by atoms with E-state index in [0.717, 1.165) is 21.8 Å². The van der Waals surface area contributed by atoms with Crippen LogP contribution in [0, 0.1) is 0 Å². The molecule has 0 spiro atoms. The fraction of sp³-hybridized carbons (Fsp3) is 0.316. The smallest absolute Gasteiger partial charge is 0.317 e. The Balaban J connectivity index is 1.59. The van der Waals surface area contributed by atoms with E-state index in [1.54, 1.807) is 30.8 Å². The highest BCUT2D eigenvalue weighted by atomic mass is 32.2. The van der Waals surface area contributed by atoms with E-state index >= 15 is 0 Å². The molecule has 1 N–H and O–H groups in total. The van der Waals surface area contributed by atoms with Crippen molar-refractivity contribution in [2.24, 2.45) is 0 Å². The minimum absolute atomic E-state index is 0.158. The number of urea groups is 1. The van der Waals surface area contributed by atoms with Crippen molar-refractivity contribution >= 4 is 17.8 Å². The molecule has 7 heteroatoms. The largest absolute Gasteiger partial charge is 0.496 e. The summed E-state index contributed by atoms with van der Waals surface area (Å²) in [6.45, 7) is 1.09. The van der Waals surface area contributed by atoms with Gasteiger partial charge in [0.05, 0.1) is 7.11 Å². The lowest BCUT2D eigenvalue weighted by molar-refractivity contribution is 0.173. The zero-order chi connectivity index (χ0) is 18.5. The highest BCUT2D eigenvalue weighted by molar-refractivity contribution is 7.98. The summed E-state index contributed by atoms with van der Waals surface area (Å²) in [6, 6.07) is 11.5. The molecule has 0 fully saturated rings. The van der Waals surface area contributed by atoms with Crippen LogP contribution in [0.1, 0.15) is 11.1 Å². The van der Waals surface area contributed by atoms with Crippen molar-refractivity contribution < 1.29 is 19.0 Å². The Bertz CT molecular complexity index is 797. The first-order valence-corrected chi connectivity index (χ1v) is 9.42. The second kappa shape index (κ2) is 8.23. The molecule has 2 aromatic carbocycles. The second-order valence-electron chi connectivity index (χ2n) is 5.86. The Kier molecular flexibility index (Phi) is 5.78. The van der Waals surface area contributed by atoms with Gasteiger partial charge in [0.25, 0.3) is 0 Å². The zero-order valence-corrected chi connectivity index (χ0v) is 15.9. The molecule has 1 aliphatic heterocycles. The van der Waals surface area contributed by atoms with Gasteiger partial charge in [-0.05, 0) is 30.0 Å². The van der Waals surface area contributed by atoms with Gasteiger partial charge in [-0.2, -0.15) is 0 Å². The van der Waals surface area contributed by atoms with Crippen LogP contribution in [0.4, 0.5) is 4.79 Å². The number of ether oxygens (including phenoxy) is 3. The van der Waals surface area contributed by atoms with Crippen molar-refractivity contribution in [2.45, 2.75) is 18.0 Å². The SMILES string of the molecule is COc1cc(CN(C)C(=O)NCc2cccc3c2OCO3)ccc1SC. The Morgan fingerprint density at radius 3 is 2.92 bits per heavy atom. The Morgan fingerprint density at radius 2 is 2.15 bits per heavy atom. The number of rotatable bonds is 6. The lowest BCUT2D eigenvalue weighted by atomic mass is 10.2. The van der Waals surface area contributed by atoms with E-state index < -0.39 is 0 Å². The Labute approximate surface area is 157 Å². The number of carbonyl (C=O) groups is 1. The van der Waals surface area contributed by atoms with Gasteiger partial charge in [-0.15, -0.1) is 11.8 Å². The minimum atomic E-state index is -0.158. The van der Waals surface area contributed by atoms with Crippen molar-refractivity contribution in [3.63, 3.8) is 0 Å². The van der Waals surface area contributed by atoms with Crippen molar-refractivity contribution in [3.8, 4) is 17.2 Å². The molecule has 1 heterocycles. The van der Waals surface area contributed by atoms with E-state index in [2.05, 4.69) is 5.32 Å². The number of hydrogen-bond acceptors (Lipinski definition) is 5. The number of thioether (sulfide) groups is 1. The van der Waals surface area contributed by atoms with Gasteiger partial charge < -0.3 is 24.4 Å². The van der Waals surface area contributed by atoms with E-state index in [1.807, 2.05) is 42.7 Å². The number of hydrogen-bond donors (Lipinski definition) is 1. The van der Waals surface area contributed by atoms with Crippen molar-refractivity contribution in [1.29, 1.82) is 0 Å². The Morgan fingerprint density at radius 1 is 1.31 bits per heavy atom. The molecule has 0 radical (unpaired) electrons. The second-order valence-corrected chi connectivity index (χ2v) is 6.70. The number of nitrogens with zero attached hydrogens (tertiary/aromatic N) is 1. The van der Waals surface area contributed by atoms with Crippen LogP contribution in [-0.4, -0.2) is 38.1 Å².